The van der Waals surface area contributed by atoms with E-state index in [1.54, 1.807) is 29.0 Å². The molecule has 17 nitrogen and oxygen atoms in total. The van der Waals surface area contributed by atoms with Gasteiger partial charge in [0.05, 0.1) is 29.4 Å². The predicted octanol–water partition coefficient (Wildman–Crippen LogP) is 26.2. The normalized spacial score (nSPS) is 16.8. The lowest BCUT2D eigenvalue weighted by atomic mass is 9.80. The van der Waals surface area contributed by atoms with Crippen LogP contribution < -0.4 is 35.8 Å². The van der Waals surface area contributed by atoms with Gasteiger partial charge in [0.15, 0.2) is 0 Å². The topological polar surface area (TPSA) is 207 Å². The van der Waals surface area contributed by atoms with Gasteiger partial charge in [0.25, 0.3) is 23.6 Å². The Morgan fingerprint density at radius 1 is 0.346 bits per heavy atom. The molecule has 6 saturated carbocycles. The smallest absolute Gasteiger partial charge is 0.260 e. The molecule has 4 atom stereocenters. The molecular formula is C111H141ClI4N8O9. The SMILES string of the molecule is CCCCNC(=O)C(C1CCCCC1)N(C(=O)c1ccccc1I)c1ccc(Cl)cc1.CCCCNC(=O)C(C1CCCCC1)N(C(=O)c1ccccc1I)c1ccc(OC)cc1.CCCCNC(=O)C(C1CCCCC1)N(CC(c1ccccc1)c1ccccc1)C(=O)c1ccccc1I.O=C(NC1CCCCC1)C(C1CCCCC1)N(C(=O)c1ccccc1I)C1CCCCC1. The van der Waals surface area contributed by atoms with Gasteiger partial charge >= 0.3 is 0 Å². The van der Waals surface area contributed by atoms with Gasteiger partial charge in [-0.15, -0.1) is 0 Å². The van der Waals surface area contributed by atoms with Crippen LogP contribution >= 0.6 is 102 Å². The van der Waals surface area contributed by atoms with Crippen molar-refractivity contribution in [2.24, 2.45) is 23.7 Å². The summed E-state index contributed by atoms with van der Waals surface area (Å²) in [6.07, 6.45) is 38.9. The van der Waals surface area contributed by atoms with E-state index in [0.29, 0.717) is 53.6 Å². The van der Waals surface area contributed by atoms with Crippen LogP contribution in [0.1, 0.15) is 310 Å². The van der Waals surface area contributed by atoms with Crippen LogP contribution in [0.4, 0.5) is 11.4 Å². The zero-order valence-electron chi connectivity index (χ0n) is 78.6. The maximum Gasteiger partial charge on any atom is 0.260 e. The van der Waals surface area contributed by atoms with E-state index in [2.05, 4.69) is 162 Å². The minimum atomic E-state index is -0.540. The highest BCUT2D eigenvalue weighted by molar-refractivity contribution is 14.1. The lowest BCUT2D eigenvalue weighted by molar-refractivity contribution is -0.130. The lowest BCUT2D eigenvalue weighted by Gasteiger charge is -2.44. The summed E-state index contributed by atoms with van der Waals surface area (Å²) >= 11 is 15.0. The van der Waals surface area contributed by atoms with Gasteiger partial charge in [-0.2, -0.15) is 0 Å². The molecule has 6 fully saturated rings. The number of hydrogen-bond donors (Lipinski definition) is 4. The second-order valence-electron chi connectivity index (χ2n) is 36.9. The van der Waals surface area contributed by atoms with Crippen LogP contribution in [0.5, 0.6) is 5.75 Å². The highest BCUT2D eigenvalue weighted by Gasteiger charge is 2.46. The molecule has 0 heterocycles. The maximum absolute atomic E-state index is 14.4. The van der Waals surface area contributed by atoms with Crippen molar-refractivity contribution >= 4 is 161 Å². The van der Waals surface area contributed by atoms with Crippen molar-refractivity contribution < 1.29 is 43.1 Å². The first-order valence-corrected chi connectivity index (χ1v) is 54.4. The first kappa shape index (κ1) is 106. The average Bonchev–Trinajstić information content (AvgIpc) is 0.796. The second-order valence-corrected chi connectivity index (χ2v) is 42.0. The fourth-order valence-electron chi connectivity index (χ4n) is 20.5. The molecule has 0 aromatic heterocycles. The summed E-state index contributed by atoms with van der Waals surface area (Å²) in [4.78, 5) is 119. The summed E-state index contributed by atoms with van der Waals surface area (Å²) in [5.41, 5.74) is 6.36. The number of ether oxygens (including phenoxy) is 1. The molecule has 4 unspecified atom stereocenters. The summed E-state index contributed by atoms with van der Waals surface area (Å²) in [6, 6.07) is 64.7. The van der Waals surface area contributed by atoms with E-state index >= 15 is 0 Å². The predicted molar refractivity (Wildman–Crippen MR) is 574 cm³/mol. The number of nitrogens with zero attached hydrogens (tertiary/aromatic N) is 4. The Kier molecular flexibility index (Phi) is 45.4. The molecule has 8 aromatic carbocycles. The van der Waals surface area contributed by atoms with Gasteiger partial charge < -0.3 is 35.8 Å². The minimum absolute atomic E-state index is 0.00971. The van der Waals surface area contributed by atoms with E-state index in [1.165, 1.54) is 64.2 Å². The third-order valence-electron chi connectivity index (χ3n) is 27.6. The summed E-state index contributed by atoms with van der Waals surface area (Å²) in [5.74, 6) is 1.10. The Hall–Kier alpha value is -7.47. The standard InChI is InChI=1S/C33H39IN2O2.C27H39IN2O2.C26H33IN2O3.C25H30ClIN2O2/c1-2-3-23-35-32(37)31(27-19-11-6-12-20-27)36(33(38)28-21-13-14-22-30(28)34)24-29(25-15-7-4-8-16-25)26-17-9-5-10-18-26;28-24-19-11-10-18-23(24)27(32)30(22-16-8-3-9-17-22)25(20-12-4-1-5-13-20)26(31)29-21-14-6-2-7-15-21;1-3-4-18-28-25(30)24(19-10-6-5-7-11-19)29(20-14-16-21(32-2)17-15-20)26(31)22-12-8-9-13-23(22)27;1-2-3-17-28-24(30)23(18-9-5-4-6-10-18)29(20-15-13-19(26)14-16-20)25(31)21-11-7-8-12-22(21)27/h4-5,7-10,13-18,21-22,27,29,31H,2-3,6,11-12,19-20,23-24H2,1H3,(H,35,37);10-11,18-22,25H,1-9,12-17H2,(H,29,31);8-9,12-17,19,24H,3-7,10-11,18H2,1-2H3,(H,28,30);7-8,11-16,18,23H,2-6,9-10,17H2,1H3,(H,28,30). The van der Waals surface area contributed by atoms with Crippen molar-refractivity contribution in [3.05, 3.63) is 259 Å². The van der Waals surface area contributed by atoms with Gasteiger partial charge in [0, 0.05) is 74.9 Å². The molecule has 6 aliphatic rings. The maximum atomic E-state index is 14.4. The number of halogens is 5. The number of methoxy groups -OCH3 is 1. The van der Waals surface area contributed by atoms with Gasteiger partial charge in [-0.3, -0.25) is 48.2 Å². The third kappa shape index (κ3) is 31.0. The molecular weight excluding hydrogens is 2130 g/mol. The fourth-order valence-corrected chi connectivity index (χ4v) is 23.1. The molecule has 0 spiro atoms. The van der Waals surface area contributed by atoms with Crippen molar-refractivity contribution in [3.63, 3.8) is 0 Å². The van der Waals surface area contributed by atoms with E-state index < -0.39 is 18.1 Å². The fraction of sp³-hybridized carbons (Fsp3) is 0.495. The quantitative estimate of drug-likeness (QED) is 0.0223. The molecule has 6 aliphatic carbocycles. The van der Waals surface area contributed by atoms with Gasteiger partial charge in [-0.1, -0.05) is 276 Å². The van der Waals surface area contributed by atoms with Crippen LogP contribution in [-0.2, 0) is 19.2 Å². The van der Waals surface area contributed by atoms with Crippen LogP contribution in [0.25, 0.3) is 0 Å². The largest absolute Gasteiger partial charge is 0.497 e. The third-order valence-corrected chi connectivity index (χ3v) is 31.7. The first-order chi connectivity index (χ1) is 64.8. The lowest BCUT2D eigenvalue weighted by Crippen LogP contribution is -2.59. The van der Waals surface area contributed by atoms with Crippen molar-refractivity contribution in [1.29, 1.82) is 0 Å². The van der Waals surface area contributed by atoms with Crippen molar-refractivity contribution in [3.8, 4) is 5.75 Å². The Balaban J connectivity index is 0.000000171. The molecule has 0 aliphatic heterocycles. The minimum Gasteiger partial charge on any atom is -0.497 e. The van der Waals surface area contributed by atoms with E-state index in [-0.39, 0.29) is 95.0 Å². The summed E-state index contributed by atoms with van der Waals surface area (Å²) in [7, 11) is 1.62. The molecule has 0 saturated heterocycles. The number of rotatable bonds is 34. The monoisotopic (exact) mass is 2270 g/mol. The Bertz CT molecular complexity index is 4880. The van der Waals surface area contributed by atoms with Gasteiger partial charge in [0.2, 0.25) is 23.6 Å². The van der Waals surface area contributed by atoms with Gasteiger partial charge in [0.1, 0.15) is 29.9 Å². The molecule has 4 N–H and O–H groups in total. The molecule has 8 aromatic rings. The molecule has 22 heteroatoms. The Labute approximate surface area is 852 Å². The van der Waals surface area contributed by atoms with Crippen LogP contribution in [-0.4, -0.2) is 127 Å². The Morgan fingerprint density at radius 2 is 0.654 bits per heavy atom. The molecule has 714 valence electrons. The molecule has 0 radical (unpaired) electrons. The number of anilines is 2. The molecule has 8 amide bonds. The van der Waals surface area contributed by atoms with E-state index in [4.69, 9.17) is 16.3 Å². The number of benzene rings is 8. The van der Waals surface area contributed by atoms with Gasteiger partial charge in [-0.25, -0.2) is 0 Å². The van der Waals surface area contributed by atoms with Crippen molar-refractivity contribution in [2.75, 3.05) is 43.1 Å². The number of carbonyl (C=O) groups is 8. The number of amides is 8. The van der Waals surface area contributed by atoms with E-state index in [0.717, 1.165) is 209 Å². The van der Waals surface area contributed by atoms with Crippen molar-refractivity contribution in [2.45, 2.75) is 294 Å². The van der Waals surface area contributed by atoms with Gasteiger partial charge in [-0.05, 0) is 319 Å². The average molecular weight is 2270 g/mol. The van der Waals surface area contributed by atoms with Crippen LogP contribution in [0.3, 0.4) is 0 Å². The van der Waals surface area contributed by atoms with Crippen molar-refractivity contribution in [1.82, 2.24) is 31.1 Å². The molecule has 0 bridgehead atoms. The summed E-state index contributed by atoms with van der Waals surface area (Å²) in [6.45, 7) is 8.68. The van der Waals surface area contributed by atoms with Crippen LogP contribution in [0, 0.1) is 38.0 Å². The van der Waals surface area contributed by atoms with E-state index in [9.17, 15) is 38.4 Å². The number of nitrogens with one attached hydrogen (secondary N) is 4. The summed E-state index contributed by atoms with van der Waals surface area (Å²) in [5, 5.41) is 13.4. The first-order valence-electron chi connectivity index (χ1n) is 49.8. The van der Waals surface area contributed by atoms with E-state index in [1.807, 2.05) is 175 Å². The molecule has 133 heavy (non-hydrogen) atoms. The van der Waals surface area contributed by atoms with Crippen LogP contribution in [0.15, 0.2) is 206 Å². The summed E-state index contributed by atoms with van der Waals surface area (Å²) < 4.78 is 8.95. The zero-order chi connectivity index (χ0) is 94.2. The number of hydrogen-bond acceptors (Lipinski definition) is 9. The Morgan fingerprint density at radius 3 is 1.02 bits per heavy atom. The number of carbonyl (C=O) groups excluding carboxylic acids is 8. The molecule has 14 rings (SSSR count). The zero-order valence-corrected chi connectivity index (χ0v) is 88.0. The number of unbranched alkanes of at least 4 members (excludes halogenated alkanes) is 3. The highest BCUT2D eigenvalue weighted by Crippen LogP contribution is 2.41. The highest BCUT2D eigenvalue weighted by atomic mass is 127. The van der Waals surface area contributed by atoms with Crippen LogP contribution in [0.2, 0.25) is 5.02 Å². The second kappa shape index (κ2) is 57.0.